The van der Waals surface area contributed by atoms with Gasteiger partial charge in [-0.2, -0.15) is 11.8 Å². The first-order chi connectivity index (χ1) is 8.13. The summed E-state index contributed by atoms with van der Waals surface area (Å²) in [6.07, 6.45) is 2.98. The van der Waals surface area contributed by atoms with Gasteiger partial charge in [0.2, 0.25) is 0 Å². The number of aromatic nitrogens is 1. The molecule has 0 aliphatic heterocycles. The van der Waals surface area contributed by atoms with Gasteiger partial charge in [-0.15, -0.1) is 0 Å². The molecule has 0 saturated carbocycles. The van der Waals surface area contributed by atoms with Crippen molar-refractivity contribution in [3.63, 3.8) is 0 Å². The number of nitrogens with zero attached hydrogens (tertiary/aromatic N) is 1. The van der Waals surface area contributed by atoms with Crippen LogP contribution >= 0.6 is 11.8 Å². The van der Waals surface area contributed by atoms with E-state index in [0.717, 1.165) is 23.3 Å². The molecular weight excluding hydrogens is 236 g/mol. The van der Waals surface area contributed by atoms with Gasteiger partial charge < -0.3 is 10.2 Å². The molecule has 0 bridgehead atoms. The SMILES string of the molecule is CSCCC(N)c1ccc2c(c1)oc(=O)n2C. The standard InChI is InChI=1S/C12H16N2O2S/c1-14-10-4-3-8(9(13)5-6-17-2)7-11(10)16-12(14)15/h3-4,7,9H,5-6,13H2,1-2H3. The van der Waals surface area contributed by atoms with Crippen molar-refractivity contribution in [2.75, 3.05) is 12.0 Å². The fourth-order valence-corrected chi connectivity index (χ4v) is 2.28. The van der Waals surface area contributed by atoms with E-state index in [9.17, 15) is 4.79 Å². The van der Waals surface area contributed by atoms with Crippen molar-refractivity contribution in [1.82, 2.24) is 4.57 Å². The normalized spacial score (nSPS) is 13.1. The zero-order valence-corrected chi connectivity index (χ0v) is 10.8. The predicted octanol–water partition coefficient (Wildman–Crippen LogP) is 1.88. The number of hydrogen-bond donors (Lipinski definition) is 1. The van der Waals surface area contributed by atoms with Crippen molar-refractivity contribution in [2.45, 2.75) is 12.5 Å². The van der Waals surface area contributed by atoms with Crippen LogP contribution in [-0.2, 0) is 7.05 Å². The van der Waals surface area contributed by atoms with Crippen LogP contribution in [0.1, 0.15) is 18.0 Å². The van der Waals surface area contributed by atoms with Gasteiger partial charge in [0, 0.05) is 13.1 Å². The van der Waals surface area contributed by atoms with Gasteiger partial charge in [0.1, 0.15) is 0 Å². The predicted molar refractivity (Wildman–Crippen MR) is 71.4 cm³/mol. The average molecular weight is 252 g/mol. The Labute approximate surface area is 104 Å². The largest absolute Gasteiger partial charge is 0.419 e. The van der Waals surface area contributed by atoms with E-state index < -0.39 is 0 Å². The third-order valence-electron chi connectivity index (χ3n) is 2.88. The quantitative estimate of drug-likeness (QED) is 0.902. The Hall–Kier alpha value is -1.20. The second-order valence-corrected chi connectivity index (χ2v) is 5.03. The minimum absolute atomic E-state index is 0.00245. The Kier molecular flexibility index (Phi) is 3.59. The molecule has 5 heteroatoms. The van der Waals surface area contributed by atoms with Crippen LogP contribution in [0.5, 0.6) is 0 Å². The lowest BCUT2D eigenvalue weighted by Gasteiger charge is -2.10. The molecule has 2 rings (SSSR count). The molecule has 0 aliphatic rings. The van der Waals surface area contributed by atoms with Crippen LogP contribution in [0.15, 0.2) is 27.4 Å². The van der Waals surface area contributed by atoms with Crippen molar-refractivity contribution < 1.29 is 4.42 Å². The number of aryl methyl sites for hydroxylation is 1. The molecule has 1 aromatic heterocycles. The highest BCUT2D eigenvalue weighted by atomic mass is 32.2. The van der Waals surface area contributed by atoms with Gasteiger partial charge in [-0.05, 0) is 36.1 Å². The van der Waals surface area contributed by atoms with E-state index >= 15 is 0 Å². The van der Waals surface area contributed by atoms with E-state index in [0.29, 0.717) is 5.58 Å². The molecule has 2 aromatic rings. The second kappa shape index (κ2) is 4.98. The fraction of sp³-hybridized carbons (Fsp3) is 0.417. The summed E-state index contributed by atoms with van der Waals surface area (Å²) in [6.45, 7) is 0. The highest BCUT2D eigenvalue weighted by molar-refractivity contribution is 7.98. The van der Waals surface area contributed by atoms with Crippen LogP contribution in [0.2, 0.25) is 0 Å². The zero-order chi connectivity index (χ0) is 12.4. The number of nitrogens with two attached hydrogens (primary N) is 1. The summed E-state index contributed by atoms with van der Waals surface area (Å²) in [5.74, 6) is 0.688. The van der Waals surface area contributed by atoms with Crippen molar-refractivity contribution in [3.8, 4) is 0 Å². The molecule has 1 atom stereocenters. The fourth-order valence-electron chi connectivity index (χ4n) is 1.79. The van der Waals surface area contributed by atoms with Crippen LogP contribution in [0.3, 0.4) is 0 Å². The van der Waals surface area contributed by atoms with Gasteiger partial charge in [0.25, 0.3) is 0 Å². The van der Waals surface area contributed by atoms with Crippen LogP contribution < -0.4 is 11.5 Å². The zero-order valence-electron chi connectivity index (χ0n) is 9.97. The average Bonchev–Trinajstić information content (AvgIpc) is 2.61. The molecular formula is C12H16N2O2S. The lowest BCUT2D eigenvalue weighted by molar-refractivity contribution is 0.527. The monoisotopic (exact) mass is 252 g/mol. The molecule has 2 N–H and O–H groups in total. The second-order valence-electron chi connectivity index (χ2n) is 4.04. The van der Waals surface area contributed by atoms with Gasteiger partial charge >= 0.3 is 5.76 Å². The molecule has 0 saturated heterocycles. The first kappa shape index (κ1) is 12.3. The summed E-state index contributed by atoms with van der Waals surface area (Å²) >= 11 is 1.78. The lowest BCUT2D eigenvalue weighted by Crippen LogP contribution is -2.11. The van der Waals surface area contributed by atoms with E-state index in [1.807, 2.05) is 18.2 Å². The van der Waals surface area contributed by atoms with E-state index in [2.05, 4.69) is 6.26 Å². The first-order valence-electron chi connectivity index (χ1n) is 5.47. The minimum atomic E-state index is -0.338. The van der Waals surface area contributed by atoms with Crippen molar-refractivity contribution in [2.24, 2.45) is 12.8 Å². The third-order valence-corrected chi connectivity index (χ3v) is 3.52. The van der Waals surface area contributed by atoms with Crippen molar-refractivity contribution >= 4 is 22.9 Å². The Morgan fingerprint density at radius 1 is 1.53 bits per heavy atom. The van der Waals surface area contributed by atoms with Gasteiger partial charge in [0.05, 0.1) is 5.52 Å². The van der Waals surface area contributed by atoms with Gasteiger partial charge in [-0.1, -0.05) is 6.07 Å². The topological polar surface area (TPSA) is 61.2 Å². The van der Waals surface area contributed by atoms with Crippen molar-refractivity contribution in [3.05, 3.63) is 34.3 Å². The Morgan fingerprint density at radius 2 is 2.29 bits per heavy atom. The van der Waals surface area contributed by atoms with E-state index in [1.165, 1.54) is 4.57 Å². The number of thioether (sulfide) groups is 1. The molecule has 4 nitrogen and oxygen atoms in total. The molecule has 1 aromatic carbocycles. The summed E-state index contributed by atoms with van der Waals surface area (Å²) in [7, 11) is 1.70. The van der Waals surface area contributed by atoms with E-state index in [4.69, 9.17) is 10.2 Å². The third kappa shape index (κ3) is 2.40. The lowest BCUT2D eigenvalue weighted by atomic mass is 10.1. The summed E-state index contributed by atoms with van der Waals surface area (Å²) in [5, 5.41) is 0. The highest BCUT2D eigenvalue weighted by Gasteiger charge is 2.10. The maximum atomic E-state index is 11.4. The molecule has 0 spiro atoms. The van der Waals surface area contributed by atoms with Crippen molar-refractivity contribution in [1.29, 1.82) is 0 Å². The van der Waals surface area contributed by atoms with E-state index in [1.54, 1.807) is 18.8 Å². The Bertz CT molecular complexity index is 573. The Morgan fingerprint density at radius 3 is 3.00 bits per heavy atom. The molecule has 1 unspecified atom stereocenters. The van der Waals surface area contributed by atoms with Gasteiger partial charge in [-0.3, -0.25) is 4.57 Å². The smallest absolute Gasteiger partial charge is 0.408 e. The van der Waals surface area contributed by atoms with Crippen LogP contribution in [0.25, 0.3) is 11.1 Å². The summed E-state index contributed by atoms with van der Waals surface area (Å²) in [4.78, 5) is 11.4. The molecule has 92 valence electrons. The summed E-state index contributed by atoms with van der Waals surface area (Å²) in [5.41, 5.74) is 8.50. The molecule has 0 radical (unpaired) electrons. The number of hydrogen-bond acceptors (Lipinski definition) is 4. The van der Waals surface area contributed by atoms with Gasteiger partial charge in [0.15, 0.2) is 5.58 Å². The van der Waals surface area contributed by atoms with Gasteiger partial charge in [-0.25, -0.2) is 4.79 Å². The number of benzene rings is 1. The van der Waals surface area contributed by atoms with Crippen LogP contribution in [0.4, 0.5) is 0 Å². The molecule has 1 heterocycles. The summed E-state index contributed by atoms with van der Waals surface area (Å²) < 4.78 is 6.63. The molecule has 17 heavy (non-hydrogen) atoms. The van der Waals surface area contributed by atoms with Crippen LogP contribution in [0, 0.1) is 0 Å². The summed E-state index contributed by atoms with van der Waals surface area (Å²) in [6, 6.07) is 5.70. The minimum Gasteiger partial charge on any atom is -0.408 e. The molecule has 0 aliphatic carbocycles. The molecule has 0 amide bonds. The first-order valence-corrected chi connectivity index (χ1v) is 6.87. The van der Waals surface area contributed by atoms with Crippen LogP contribution in [-0.4, -0.2) is 16.6 Å². The van der Waals surface area contributed by atoms with E-state index in [-0.39, 0.29) is 11.8 Å². The number of rotatable bonds is 4. The number of fused-ring (bicyclic) bond motifs is 1. The Balaban J connectivity index is 2.34. The highest BCUT2D eigenvalue weighted by Crippen LogP contribution is 2.21. The maximum absolute atomic E-state index is 11.4. The maximum Gasteiger partial charge on any atom is 0.419 e. The number of oxazole rings is 1. The molecule has 0 fully saturated rings.